The fourth-order valence-electron chi connectivity index (χ4n) is 2.50. The summed E-state index contributed by atoms with van der Waals surface area (Å²) in [4.78, 5) is 16.6. The Morgan fingerprint density at radius 3 is 2.63 bits per heavy atom. The molecule has 98 valence electrons. The number of thiophene rings is 1. The fraction of sp³-hybridized carbons (Fsp3) is 0.312. The molecule has 19 heavy (non-hydrogen) atoms. The van der Waals surface area contributed by atoms with Crippen LogP contribution in [0.2, 0.25) is 0 Å². The maximum absolute atomic E-state index is 12.5. The van der Waals surface area contributed by atoms with Gasteiger partial charge in [0.25, 0.3) is 5.91 Å². The summed E-state index contributed by atoms with van der Waals surface area (Å²) >= 11 is 1.61. The van der Waals surface area contributed by atoms with Gasteiger partial charge in [0.2, 0.25) is 0 Å². The molecular weight excluding hydrogens is 254 g/mol. The van der Waals surface area contributed by atoms with E-state index < -0.39 is 0 Å². The van der Waals surface area contributed by atoms with Gasteiger partial charge in [-0.3, -0.25) is 4.79 Å². The Morgan fingerprint density at radius 1 is 1.21 bits per heavy atom. The Hall–Kier alpha value is -1.61. The van der Waals surface area contributed by atoms with Crippen molar-refractivity contribution in [1.29, 1.82) is 0 Å². The first-order valence-corrected chi connectivity index (χ1v) is 7.40. The zero-order valence-electron chi connectivity index (χ0n) is 11.3. The van der Waals surface area contributed by atoms with Crippen molar-refractivity contribution in [3.63, 3.8) is 0 Å². The number of carbonyl (C=O) groups excluding carboxylic acids is 1. The monoisotopic (exact) mass is 271 g/mol. The molecule has 0 N–H and O–H groups in total. The van der Waals surface area contributed by atoms with Crippen molar-refractivity contribution in [1.82, 2.24) is 4.90 Å². The first-order valence-electron chi connectivity index (χ1n) is 6.58. The topological polar surface area (TPSA) is 20.3 Å². The van der Waals surface area contributed by atoms with Crippen LogP contribution < -0.4 is 0 Å². The van der Waals surface area contributed by atoms with Gasteiger partial charge < -0.3 is 4.90 Å². The van der Waals surface area contributed by atoms with Crippen LogP contribution in [0.4, 0.5) is 0 Å². The average Bonchev–Trinajstić information content (AvgIpc) is 2.77. The molecule has 3 heteroatoms. The number of hydrogen-bond acceptors (Lipinski definition) is 2. The molecule has 2 aromatic rings. The van der Waals surface area contributed by atoms with Crippen molar-refractivity contribution >= 4 is 17.2 Å². The number of nitrogens with zero attached hydrogens (tertiary/aromatic N) is 1. The lowest BCUT2D eigenvalue weighted by Crippen LogP contribution is -2.35. The van der Waals surface area contributed by atoms with Gasteiger partial charge in [0.1, 0.15) is 0 Å². The molecule has 1 aliphatic heterocycles. The number of amides is 1. The van der Waals surface area contributed by atoms with E-state index in [1.165, 1.54) is 21.6 Å². The van der Waals surface area contributed by atoms with Gasteiger partial charge in [0, 0.05) is 18.0 Å². The van der Waals surface area contributed by atoms with Crippen LogP contribution in [0.25, 0.3) is 0 Å². The van der Waals surface area contributed by atoms with Crippen molar-refractivity contribution in [2.75, 3.05) is 6.54 Å². The molecule has 1 aliphatic rings. The third-order valence-electron chi connectivity index (χ3n) is 3.79. The third kappa shape index (κ3) is 2.30. The van der Waals surface area contributed by atoms with E-state index in [1.807, 2.05) is 17.0 Å². The zero-order chi connectivity index (χ0) is 13.4. The van der Waals surface area contributed by atoms with Crippen LogP contribution in [0, 0.1) is 13.8 Å². The van der Waals surface area contributed by atoms with Crippen LogP contribution in [0.15, 0.2) is 30.3 Å². The number of benzene rings is 1. The Kier molecular flexibility index (Phi) is 3.15. The van der Waals surface area contributed by atoms with E-state index in [0.29, 0.717) is 0 Å². The van der Waals surface area contributed by atoms with E-state index in [1.54, 1.807) is 11.3 Å². The standard InChI is InChI=1S/C16H17NOS/c1-11-9-15(19-12(11)2)16(18)17-8-7-13-5-3-4-6-14(13)10-17/h3-6,9H,7-8,10H2,1-2H3. The first-order chi connectivity index (χ1) is 9.15. The van der Waals surface area contributed by atoms with Crippen LogP contribution in [-0.2, 0) is 13.0 Å². The number of aryl methyl sites for hydroxylation is 2. The molecule has 0 aliphatic carbocycles. The highest BCUT2D eigenvalue weighted by Crippen LogP contribution is 2.25. The minimum Gasteiger partial charge on any atom is -0.333 e. The largest absolute Gasteiger partial charge is 0.333 e. The summed E-state index contributed by atoms with van der Waals surface area (Å²) in [6.45, 7) is 5.70. The van der Waals surface area contributed by atoms with Gasteiger partial charge in [-0.25, -0.2) is 0 Å². The Bertz CT molecular complexity index is 610. The molecular formula is C16H17NOS. The highest BCUT2D eigenvalue weighted by Gasteiger charge is 2.22. The van der Waals surface area contributed by atoms with Crippen LogP contribution in [0.3, 0.4) is 0 Å². The minimum absolute atomic E-state index is 0.177. The molecule has 0 saturated carbocycles. The van der Waals surface area contributed by atoms with E-state index in [0.717, 1.165) is 24.4 Å². The summed E-state index contributed by atoms with van der Waals surface area (Å²) in [6, 6.07) is 10.4. The summed E-state index contributed by atoms with van der Waals surface area (Å²) in [5.74, 6) is 0.177. The number of rotatable bonds is 1. The molecule has 2 heterocycles. The van der Waals surface area contributed by atoms with Crippen LogP contribution in [-0.4, -0.2) is 17.4 Å². The summed E-state index contributed by atoms with van der Waals surface area (Å²) in [6.07, 6.45) is 0.964. The van der Waals surface area contributed by atoms with E-state index in [2.05, 4.69) is 32.0 Å². The van der Waals surface area contributed by atoms with E-state index in [9.17, 15) is 4.79 Å². The lowest BCUT2D eigenvalue weighted by molar-refractivity contribution is 0.0739. The predicted molar refractivity (Wildman–Crippen MR) is 78.7 cm³/mol. The second-order valence-corrected chi connectivity index (χ2v) is 6.35. The Morgan fingerprint density at radius 2 is 1.95 bits per heavy atom. The summed E-state index contributed by atoms with van der Waals surface area (Å²) in [5, 5.41) is 0. The van der Waals surface area contributed by atoms with Crippen LogP contribution in [0.5, 0.6) is 0 Å². The average molecular weight is 271 g/mol. The summed E-state index contributed by atoms with van der Waals surface area (Å²) in [5.41, 5.74) is 3.88. The molecule has 0 spiro atoms. The van der Waals surface area contributed by atoms with Crippen molar-refractivity contribution in [2.45, 2.75) is 26.8 Å². The van der Waals surface area contributed by atoms with Gasteiger partial charge >= 0.3 is 0 Å². The van der Waals surface area contributed by atoms with Crippen LogP contribution >= 0.6 is 11.3 Å². The quantitative estimate of drug-likeness (QED) is 0.776. The maximum Gasteiger partial charge on any atom is 0.264 e. The second kappa shape index (κ2) is 4.82. The normalized spacial score (nSPS) is 14.3. The SMILES string of the molecule is Cc1cc(C(=O)N2CCc3ccccc3C2)sc1C. The predicted octanol–water partition coefficient (Wildman–Crippen LogP) is 3.56. The van der Waals surface area contributed by atoms with Gasteiger partial charge in [0.15, 0.2) is 0 Å². The smallest absolute Gasteiger partial charge is 0.264 e. The molecule has 0 saturated heterocycles. The lowest BCUT2D eigenvalue weighted by Gasteiger charge is -2.28. The highest BCUT2D eigenvalue weighted by molar-refractivity contribution is 7.14. The van der Waals surface area contributed by atoms with Gasteiger partial charge in [-0.1, -0.05) is 24.3 Å². The number of fused-ring (bicyclic) bond motifs is 1. The Labute approximate surface area is 117 Å². The van der Waals surface area contributed by atoms with Gasteiger partial charge in [0.05, 0.1) is 4.88 Å². The minimum atomic E-state index is 0.177. The molecule has 1 amide bonds. The Balaban J connectivity index is 1.83. The van der Waals surface area contributed by atoms with Crippen molar-refractivity contribution in [3.05, 3.63) is 56.8 Å². The first kappa shape index (κ1) is 12.4. The van der Waals surface area contributed by atoms with E-state index >= 15 is 0 Å². The van der Waals surface area contributed by atoms with Gasteiger partial charge in [-0.05, 0) is 43.0 Å². The fourth-order valence-corrected chi connectivity index (χ4v) is 3.51. The molecule has 0 radical (unpaired) electrons. The summed E-state index contributed by atoms with van der Waals surface area (Å²) in [7, 11) is 0. The summed E-state index contributed by atoms with van der Waals surface area (Å²) < 4.78 is 0. The molecule has 1 aromatic heterocycles. The second-order valence-electron chi connectivity index (χ2n) is 5.10. The number of hydrogen-bond donors (Lipinski definition) is 0. The molecule has 0 fully saturated rings. The molecule has 3 rings (SSSR count). The van der Waals surface area contributed by atoms with E-state index in [-0.39, 0.29) is 5.91 Å². The van der Waals surface area contributed by atoms with Crippen molar-refractivity contribution in [2.24, 2.45) is 0 Å². The van der Waals surface area contributed by atoms with Crippen molar-refractivity contribution < 1.29 is 4.79 Å². The third-order valence-corrected chi connectivity index (χ3v) is 4.94. The maximum atomic E-state index is 12.5. The van der Waals surface area contributed by atoms with Crippen molar-refractivity contribution in [3.8, 4) is 0 Å². The molecule has 2 nitrogen and oxygen atoms in total. The zero-order valence-corrected chi connectivity index (χ0v) is 12.1. The van der Waals surface area contributed by atoms with Gasteiger partial charge in [-0.15, -0.1) is 11.3 Å². The highest BCUT2D eigenvalue weighted by atomic mass is 32.1. The van der Waals surface area contributed by atoms with E-state index in [4.69, 9.17) is 0 Å². The van der Waals surface area contributed by atoms with Gasteiger partial charge in [-0.2, -0.15) is 0 Å². The molecule has 0 atom stereocenters. The number of carbonyl (C=O) groups is 1. The lowest BCUT2D eigenvalue weighted by atomic mass is 10.00. The molecule has 0 unspecified atom stereocenters. The van der Waals surface area contributed by atoms with Crippen LogP contribution in [0.1, 0.15) is 31.2 Å². The molecule has 0 bridgehead atoms. The molecule has 1 aromatic carbocycles.